The number of carbonyl (C=O) groups excluding carboxylic acids is 3. The predicted molar refractivity (Wildman–Crippen MR) is 91.0 cm³/mol. The average molecular weight is 387 g/mol. The molecule has 27 heavy (non-hydrogen) atoms. The van der Waals surface area contributed by atoms with Gasteiger partial charge < -0.3 is 14.8 Å². The van der Waals surface area contributed by atoms with Gasteiger partial charge in [-0.3, -0.25) is 4.79 Å². The molecule has 0 aliphatic heterocycles. The molecule has 1 amide bonds. The number of carbonyl (C=O) groups is 3. The molecule has 0 aliphatic carbocycles. The third-order valence-electron chi connectivity index (χ3n) is 3.37. The zero-order chi connectivity index (χ0) is 20.8. The van der Waals surface area contributed by atoms with Crippen molar-refractivity contribution in [2.45, 2.75) is 20.0 Å². The van der Waals surface area contributed by atoms with Crippen LogP contribution in [0.25, 0.3) is 6.08 Å². The monoisotopic (exact) mass is 387 g/mol. The van der Waals surface area contributed by atoms with E-state index >= 15 is 0 Å². The molecule has 6 nitrogen and oxygen atoms in total. The van der Waals surface area contributed by atoms with Crippen LogP contribution in [0.5, 0.6) is 0 Å². The highest BCUT2D eigenvalue weighted by molar-refractivity contribution is 6.05. The average Bonchev–Trinajstić information content (AvgIpc) is 2.61. The molecule has 0 aromatic heterocycles. The number of amides is 1. The molecule has 0 fully saturated rings. The molecule has 148 valence electrons. The minimum atomic E-state index is -4.93. The van der Waals surface area contributed by atoms with E-state index in [-0.39, 0.29) is 11.5 Å². The Morgan fingerprint density at radius 3 is 2.19 bits per heavy atom. The first-order chi connectivity index (χ1) is 12.5. The number of hydrogen-bond donors (Lipinski definition) is 1. The van der Waals surface area contributed by atoms with Crippen LogP contribution in [0.2, 0.25) is 0 Å². The highest BCUT2D eigenvalue weighted by atomic mass is 19.4. The topological polar surface area (TPSA) is 81.7 Å². The molecule has 0 radical (unpaired) electrons. The fraction of sp³-hybridized carbons (Fsp3) is 0.389. The summed E-state index contributed by atoms with van der Waals surface area (Å²) in [6.45, 7) is 4.16. The Balaban J connectivity index is 3.45. The lowest BCUT2D eigenvalue weighted by molar-refractivity contribution is -0.138. The molecule has 0 unspecified atom stereocenters. The number of halogens is 3. The second kappa shape index (κ2) is 9.20. The van der Waals surface area contributed by atoms with Crippen LogP contribution in [-0.2, 0) is 20.4 Å². The van der Waals surface area contributed by atoms with Crippen LogP contribution in [0, 0.1) is 5.92 Å². The summed E-state index contributed by atoms with van der Waals surface area (Å²) in [6.07, 6.45) is -2.79. The third-order valence-corrected chi connectivity index (χ3v) is 3.37. The molecule has 1 N–H and O–H groups in total. The van der Waals surface area contributed by atoms with E-state index in [1.54, 1.807) is 0 Å². The van der Waals surface area contributed by atoms with E-state index in [4.69, 9.17) is 0 Å². The second-order valence-electron chi connectivity index (χ2n) is 5.94. The van der Waals surface area contributed by atoms with Gasteiger partial charge in [0.25, 0.3) is 0 Å². The molecule has 1 aromatic carbocycles. The first-order valence-electron chi connectivity index (χ1n) is 7.89. The van der Waals surface area contributed by atoms with Gasteiger partial charge in [0.15, 0.2) is 0 Å². The normalized spacial score (nSPS) is 11.6. The summed E-state index contributed by atoms with van der Waals surface area (Å²) in [5, 5.41) is 2.57. The number of ether oxygens (including phenoxy) is 2. The van der Waals surface area contributed by atoms with E-state index in [0.29, 0.717) is 12.6 Å². The zero-order valence-electron chi connectivity index (χ0n) is 15.3. The summed E-state index contributed by atoms with van der Waals surface area (Å²) in [7, 11) is 1.87. The van der Waals surface area contributed by atoms with Gasteiger partial charge in [0.05, 0.1) is 30.9 Å². The van der Waals surface area contributed by atoms with E-state index in [1.165, 1.54) is 0 Å². The van der Waals surface area contributed by atoms with Crippen molar-refractivity contribution in [2.75, 3.05) is 20.8 Å². The van der Waals surface area contributed by atoms with E-state index < -0.39 is 40.7 Å². The van der Waals surface area contributed by atoms with Crippen LogP contribution >= 0.6 is 0 Å². The summed E-state index contributed by atoms with van der Waals surface area (Å²) < 4.78 is 49.1. The van der Waals surface area contributed by atoms with Gasteiger partial charge in [0.1, 0.15) is 0 Å². The minimum Gasteiger partial charge on any atom is -0.465 e. The second-order valence-corrected chi connectivity index (χ2v) is 5.94. The summed E-state index contributed by atoms with van der Waals surface area (Å²) in [5.41, 5.74) is -3.02. The summed E-state index contributed by atoms with van der Waals surface area (Å²) in [6, 6.07) is 1.68. The molecule has 0 saturated heterocycles. The van der Waals surface area contributed by atoms with Crippen LogP contribution in [0.4, 0.5) is 13.2 Å². The third kappa shape index (κ3) is 6.12. The van der Waals surface area contributed by atoms with E-state index in [2.05, 4.69) is 14.8 Å². The molecule has 9 heteroatoms. The first kappa shape index (κ1) is 22.2. The van der Waals surface area contributed by atoms with Gasteiger partial charge in [-0.1, -0.05) is 13.8 Å². The van der Waals surface area contributed by atoms with E-state index in [9.17, 15) is 27.6 Å². The number of esters is 2. The summed E-state index contributed by atoms with van der Waals surface area (Å²) >= 11 is 0. The Labute approximate surface area is 154 Å². The van der Waals surface area contributed by atoms with Crippen molar-refractivity contribution in [1.29, 1.82) is 0 Å². The highest BCUT2D eigenvalue weighted by Gasteiger charge is 2.38. The van der Waals surface area contributed by atoms with Crippen molar-refractivity contribution in [3.8, 4) is 0 Å². The molecular formula is C18H20F3NO5. The van der Waals surface area contributed by atoms with Crippen molar-refractivity contribution in [3.63, 3.8) is 0 Å². The fourth-order valence-corrected chi connectivity index (χ4v) is 2.11. The lowest BCUT2D eigenvalue weighted by Gasteiger charge is -2.15. The Morgan fingerprint density at radius 2 is 1.70 bits per heavy atom. The van der Waals surface area contributed by atoms with E-state index in [0.717, 1.165) is 32.4 Å². The van der Waals surface area contributed by atoms with Crippen LogP contribution in [0.15, 0.2) is 18.2 Å². The molecular weight excluding hydrogens is 367 g/mol. The number of nitrogens with one attached hydrogen (secondary N) is 1. The van der Waals surface area contributed by atoms with Gasteiger partial charge in [-0.2, -0.15) is 13.2 Å². The van der Waals surface area contributed by atoms with Crippen LogP contribution in [-0.4, -0.2) is 38.6 Å². The van der Waals surface area contributed by atoms with Gasteiger partial charge in [-0.15, -0.1) is 0 Å². The smallest absolute Gasteiger partial charge is 0.417 e. The Morgan fingerprint density at radius 1 is 1.11 bits per heavy atom. The summed E-state index contributed by atoms with van der Waals surface area (Å²) in [4.78, 5) is 35.5. The van der Waals surface area contributed by atoms with Gasteiger partial charge in [0, 0.05) is 12.6 Å². The van der Waals surface area contributed by atoms with Crippen molar-refractivity contribution in [1.82, 2.24) is 5.32 Å². The largest absolute Gasteiger partial charge is 0.465 e. The zero-order valence-corrected chi connectivity index (χ0v) is 15.3. The molecule has 0 heterocycles. The maximum atomic E-state index is 13.4. The number of hydrogen-bond acceptors (Lipinski definition) is 5. The molecule has 0 aliphatic rings. The van der Waals surface area contributed by atoms with Crippen LogP contribution in [0.3, 0.4) is 0 Å². The SMILES string of the molecule is COC(=O)c1cc(/C=C/C(=O)NCC(C)C)cc(C(F)(F)F)c1C(=O)OC. The fourth-order valence-electron chi connectivity index (χ4n) is 2.11. The maximum absolute atomic E-state index is 13.4. The van der Waals surface area contributed by atoms with Gasteiger partial charge in [0.2, 0.25) is 5.91 Å². The molecule has 0 spiro atoms. The van der Waals surface area contributed by atoms with Crippen LogP contribution in [0.1, 0.15) is 45.7 Å². The number of methoxy groups -OCH3 is 2. The summed E-state index contributed by atoms with van der Waals surface area (Å²) in [5.74, 6) is -2.77. The van der Waals surface area contributed by atoms with Crippen molar-refractivity contribution in [2.24, 2.45) is 5.92 Å². The van der Waals surface area contributed by atoms with Crippen molar-refractivity contribution in [3.05, 3.63) is 40.5 Å². The van der Waals surface area contributed by atoms with Gasteiger partial charge in [-0.25, -0.2) is 9.59 Å². The Hall–Kier alpha value is -2.84. The first-order valence-corrected chi connectivity index (χ1v) is 7.89. The molecule has 1 rings (SSSR count). The number of rotatable bonds is 6. The quantitative estimate of drug-likeness (QED) is 0.599. The van der Waals surface area contributed by atoms with Crippen molar-refractivity contribution < 1.29 is 37.0 Å². The number of benzene rings is 1. The number of alkyl halides is 3. The lowest BCUT2D eigenvalue weighted by atomic mass is 9.96. The Kier molecular flexibility index (Phi) is 7.56. The highest BCUT2D eigenvalue weighted by Crippen LogP contribution is 2.35. The molecule has 0 saturated carbocycles. The van der Waals surface area contributed by atoms with Crippen LogP contribution < -0.4 is 5.32 Å². The minimum absolute atomic E-state index is 0.102. The van der Waals surface area contributed by atoms with E-state index in [1.807, 2.05) is 13.8 Å². The Bertz CT molecular complexity index is 754. The van der Waals surface area contributed by atoms with Gasteiger partial charge >= 0.3 is 18.1 Å². The standard InChI is InChI=1S/C18H20F3NO5/c1-10(2)9-22-14(23)6-5-11-7-12(16(24)26-3)15(17(25)27-4)13(8-11)18(19,20)21/h5-8,10H,9H2,1-4H3,(H,22,23)/b6-5+. The maximum Gasteiger partial charge on any atom is 0.417 e. The van der Waals surface area contributed by atoms with Crippen molar-refractivity contribution >= 4 is 23.9 Å². The van der Waals surface area contributed by atoms with Gasteiger partial charge in [-0.05, 0) is 29.7 Å². The molecule has 0 atom stereocenters. The predicted octanol–water partition coefficient (Wildman–Crippen LogP) is 3.06. The lowest BCUT2D eigenvalue weighted by Crippen LogP contribution is -2.25. The molecule has 1 aromatic rings. The molecule has 0 bridgehead atoms.